The minimum atomic E-state index is 0.169. The maximum absolute atomic E-state index is 11.7. The van der Waals surface area contributed by atoms with Crippen LogP contribution >= 0.6 is 0 Å². The fourth-order valence-corrected chi connectivity index (χ4v) is 1.50. The van der Waals surface area contributed by atoms with Gasteiger partial charge in [0.2, 0.25) is 0 Å². The maximum Gasteiger partial charge on any atom is 0.141 e. The Balaban J connectivity index is 2.48. The third kappa shape index (κ3) is 2.98. The molecule has 1 rings (SSSR count). The van der Waals surface area contributed by atoms with Crippen LogP contribution in [0.4, 0.5) is 0 Å². The predicted octanol–water partition coefficient (Wildman–Crippen LogP) is 1.97. The summed E-state index contributed by atoms with van der Waals surface area (Å²) in [6.45, 7) is 4.10. The van der Waals surface area contributed by atoms with Gasteiger partial charge >= 0.3 is 0 Å². The predicted molar refractivity (Wildman–Crippen MR) is 56.0 cm³/mol. The second kappa shape index (κ2) is 4.94. The average Bonchev–Trinajstić information content (AvgIpc) is 2.51. The van der Waals surface area contributed by atoms with Gasteiger partial charge in [-0.3, -0.25) is 9.48 Å². The molecule has 0 amide bonds. The molecular weight excluding hydrogens is 176 g/mol. The zero-order valence-electron chi connectivity index (χ0n) is 9.16. The van der Waals surface area contributed by atoms with E-state index < -0.39 is 0 Å². The first kappa shape index (κ1) is 11.0. The number of aryl methyl sites for hydroxylation is 1. The summed E-state index contributed by atoms with van der Waals surface area (Å²) in [5.74, 6) is 0.465. The van der Waals surface area contributed by atoms with Crippen LogP contribution in [0.3, 0.4) is 0 Å². The van der Waals surface area contributed by atoms with Gasteiger partial charge in [0.05, 0.1) is 12.1 Å². The van der Waals surface area contributed by atoms with E-state index in [4.69, 9.17) is 0 Å². The molecule has 3 nitrogen and oxygen atoms in total. The molecule has 0 aliphatic heterocycles. The van der Waals surface area contributed by atoms with Crippen LogP contribution in [0.5, 0.6) is 0 Å². The monoisotopic (exact) mass is 194 g/mol. The zero-order valence-corrected chi connectivity index (χ0v) is 9.16. The van der Waals surface area contributed by atoms with Crippen molar-refractivity contribution in [1.82, 2.24) is 9.78 Å². The summed E-state index contributed by atoms with van der Waals surface area (Å²) in [6.07, 6.45) is 4.38. The van der Waals surface area contributed by atoms with Gasteiger partial charge < -0.3 is 0 Å². The Morgan fingerprint density at radius 2 is 2.36 bits per heavy atom. The lowest BCUT2D eigenvalue weighted by Gasteiger charge is -2.06. The van der Waals surface area contributed by atoms with E-state index >= 15 is 0 Å². The van der Waals surface area contributed by atoms with E-state index in [0.717, 1.165) is 18.5 Å². The van der Waals surface area contributed by atoms with Gasteiger partial charge in [-0.05, 0) is 12.5 Å². The zero-order chi connectivity index (χ0) is 10.6. The average molecular weight is 194 g/mol. The number of Topliss-reactive ketones (excluding diaryl/α,β-unsaturated/α-hetero) is 1. The van der Waals surface area contributed by atoms with Crippen molar-refractivity contribution in [2.45, 2.75) is 33.1 Å². The van der Waals surface area contributed by atoms with Crippen molar-refractivity contribution in [2.24, 2.45) is 13.0 Å². The van der Waals surface area contributed by atoms with Gasteiger partial charge in [-0.15, -0.1) is 0 Å². The highest BCUT2D eigenvalue weighted by Crippen LogP contribution is 2.09. The topological polar surface area (TPSA) is 34.9 Å². The summed E-state index contributed by atoms with van der Waals surface area (Å²) in [6, 6.07) is 1.90. The van der Waals surface area contributed by atoms with Crippen LogP contribution in [0, 0.1) is 5.92 Å². The number of ketones is 1. The molecule has 0 spiro atoms. The Labute approximate surface area is 85.1 Å². The molecule has 1 unspecified atom stereocenters. The van der Waals surface area contributed by atoms with Crippen LogP contribution in [-0.4, -0.2) is 15.6 Å². The number of hydrogen-bond acceptors (Lipinski definition) is 2. The lowest BCUT2D eigenvalue weighted by atomic mass is 9.98. The van der Waals surface area contributed by atoms with Crippen molar-refractivity contribution < 1.29 is 4.79 Å². The Morgan fingerprint density at radius 3 is 2.86 bits per heavy atom. The fraction of sp³-hybridized carbons (Fsp3) is 0.636. The van der Waals surface area contributed by atoms with E-state index in [9.17, 15) is 4.79 Å². The molecule has 0 aliphatic rings. The molecule has 0 N–H and O–H groups in total. The molecule has 0 aliphatic carbocycles. The van der Waals surface area contributed by atoms with Crippen LogP contribution in [0.25, 0.3) is 0 Å². The first-order valence-corrected chi connectivity index (χ1v) is 5.14. The fourth-order valence-electron chi connectivity index (χ4n) is 1.50. The van der Waals surface area contributed by atoms with Crippen molar-refractivity contribution >= 4 is 5.78 Å². The Bertz CT molecular complexity index is 304. The second-order valence-electron chi connectivity index (χ2n) is 3.81. The number of nitrogens with zero attached hydrogens (tertiary/aromatic N) is 2. The molecule has 1 atom stereocenters. The van der Waals surface area contributed by atoms with Crippen LogP contribution in [0.15, 0.2) is 12.3 Å². The van der Waals surface area contributed by atoms with Crippen molar-refractivity contribution in [3.8, 4) is 0 Å². The third-order valence-electron chi connectivity index (χ3n) is 2.40. The highest BCUT2D eigenvalue weighted by Gasteiger charge is 2.13. The van der Waals surface area contributed by atoms with Crippen molar-refractivity contribution in [1.29, 1.82) is 0 Å². The van der Waals surface area contributed by atoms with Crippen LogP contribution < -0.4 is 0 Å². The minimum Gasteiger partial charge on any atom is -0.299 e. The molecular formula is C11H18N2O. The van der Waals surface area contributed by atoms with Crippen LogP contribution in [-0.2, 0) is 18.3 Å². The van der Waals surface area contributed by atoms with E-state index in [-0.39, 0.29) is 5.92 Å². The van der Waals surface area contributed by atoms with Gasteiger partial charge in [0, 0.05) is 19.2 Å². The van der Waals surface area contributed by atoms with Crippen molar-refractivity contribution in [3.05, 3.63) is 18.0 Å². The number of hydrogen-bond donors (Lipinski definition) is 0. The van der Waals surface area contributed by atoms with Crippen LogP contribution in [0.1, 0.15) is 32.4 Å². The molecule has 1 aromatic heterocycles. The highest BCUT2D eigenvalue weighted by atomic mass is 16.1. The SMILES string of the molecule is CCCC(C)C(=O)Cc1ccn(C)n1. The normalized spacial score (nSPS) is 12.8. The van der Waals surface area contributed by atoms with E-state index in [1.807, 2.05) is 26.2 Å². The molecule has 1 heterocycles. The molecule has 0 aromatic carbocycles. The van der Waals surface area contributed by atoms with Gasteiger partial charge in [0.15, 0.2) is 0 Å². The van der Waals surface area contributed by atoms with Gasteiger partial charge in [-0.2, -0.15) is 5.10 Å². The maximum atomic E-state index is 11.7. The molecule has 78 valence electrons. The summed E-state index contributed by atoms with van der Waals surface area (Å²) in [5.41, 5.74) is 0.875. The molecule has 0 radical (unpaired) electrons. The third-order valence-corrected chi connectivity index (χ3v) is 2.40. The molecule has 0 bridgehead atoms. The largest absolute Gasteiger partial charge is 0.299 e. The van der Waals surface area contributed by atoms with E-state index in [0.29, 0.717) is 12.2 Å². The number of rotatable bonds is 5. The first-order chi connectivity index (χ1) is 6.63. The van der Waals surface area contributed by atoms with Crippen molar-refractivity contribution in [2.75, 3.05) is 0 Å². The van der Waals surface area contributed by atoms with Gasteiger partial charge in [0.1, 0.15) is 5.78 Å². The molecule has 0 saturated heterocycles. The summed E-state index contributed by atoms with van der Waals surface area (Å²) in [7, 11) is 1.86. The van der Waals surface area contributed by atoms with Gasteiger partial charge in [0.25, 0.3) is 0 Å². The summed E-state index contributed by atoms with van der Waals surface area (Å²) >= 11 is 0. The molecule has 3 heteroatoms. The smallest absolute Gasteiger partial charge is 0.141 e. The summed E-state index contributed by atoms with van der Waals surface area (Å²) < 4.78 is 1.73. The Hall–Kier alpha value is -1.12. The van der Waals surface area contributed by atoms with E-state index in [2.05, 4.69) is 12.0 Å². The van der Waals surface area contributed by atoms with Gasteiger partial charge in [-0.25, -0.2) is 0 Å². The second-order valence-corrected chi connectivity index (χ2v) is 3.81. The minimum absolute atomic E-state index is 0.169. The highest BCUT2D eigenvalue weighted by molar-refractivity contribution is 5.82. The molecule has 14 heavy (non-hydrogen) atoms. The first-order valence-electron chi connectivity index (χ1n) is 5.14. The Kier molecular flexibility index (Phi) is 3.86. The number of carbonyl (C=O) groups is 1. The standard InChI is InChI=1S/C11H18N2O/c1-4-5-9(2)11(14)8-10-6-7-13(3)12-10/h6-7,9H,4-5,8H2,1-3H3. The number of aromatic nitrogens is 2. The molecule has 0 fully saturated rings. The van der Waals surface area contributed by atoms with Gasteiger partial charge in [-0.1, -0.05) is 20.3 Å². The van der Waals surface area contributed by atoms with E-state index in [1.54, 1.807) is 4.68 Å². The summed E-state index contributed by atoms with van der Waals surface area (Å²) in [4.78, 5) is 11.7. The molecule has 1 aromatic rings. The lowest BCUT2D eigenvalue weighted by Crippen LogP contribution is -2.13. The summed E-state index contributed by atoms with van der Waals surface area (Å²) in [5, 5.41) is 4.19. The molecule has 0 saturated carbocycles. The number of carbonyl (C=O) groups excluding carboxylic acids is 1. The quantitative estimate of drug-likeness (QED) is 0.718. The van der Waals surface area contributed by atoms with E-state index in [1.165, 1.54) is 0 Å². The Morgan fingerprint density at radius 1 is 1.64 bits per heavy atom. The van der Waals surface area contributed by atoms with Crippen molar-refractivity contribution in [3.63, 3.8) is 0 Å². The lowest BCUT2D eigenvalue weighted by molar-refractivity contribution is -0.121. The van der Waals surface area contributed by atoms with Crippen LogP contribution in [0.2, 0.25) is 0 Å².